The number of aromatic nitrogens is 2. The van der Waals surface area contributed by atoms with Crippen LogP contribution in [0.15, 0.2) is 43.4 Å². The second-order valence-electron chi connectivity index (χ2n) is 4.44. The number of hydrogen-bond acceptors (Lipinski definition) is 5. The first-order valence-electron chi connectivity index (χ1n) is 6.21. The fraction of sp³-hybridized carbons (Fsp3) is 0.0667. The van der Waals surface area contributed by atoms with Crippen LogP contribution in [0, 0.1) is 5.41 Å². The number of nitrogen functional groups attached to an aromatic ring is 1. The van der Waals surface area contributed by atoms with Crippen LogP contribution < -0.4 is 11.1 Å². The fourth-order valence-electron chi connectivity index (χ4n) is 1.79. The Balaban J connectivity index is 2.40. The van der Waals surface area contributed by atoms with Gasteiger partial charge in [0.25, 0.3) is 0 Å². The largest absolute Gasteiger partial charge is 0.397 e. The smallest absolute Gasteiger partial charge is 0.247 e. The Bertz CT molecular complexity index is 724. The van der Waals surface area contributed by atoms with Gasteiger partial charge < -0.3 is 16.5 Å². The summed E-state index contributed by atoms with van der Waals surface area (Å²) in [6.07, 6.45) is 5.86. The van der Waals surface area contributed by atoms with Crippen LogP contribution in [0.25, 0.3) is 11.3 Å². The standard InChI is InChI=1S/C15H15N5O/c1-3-15(21)20-11-4-10(6-18-7-11)14-5-12(9(2)16)13(17)8-19-14/h3-8,16H,1,17H2,2H3,(H,20,21). The molecule has 21 heavy (non-hydrogen) atoms. The van der Waals surface area contributed by atoms with Crippen molar-refractivity contribution in [2.24, 2.45) is 0 Å². The molecule has 0 aromatic carbocycles. The lowest BCUT2D eigenvalue weighted by Crippen LogP contribution is -2.07. The Morgan fingerprint density at radius 3 is 2.81 bits per heavy atom. The zero-order chi connectivity index (χ0) is 15.4. The van der Waals surface area contributed by atoms with Gasteiger partial charge in [-0.25, -0.2) is 0 Å². The first-order valence-corrected chi connectivity index (χ1v) is 6.21. The Morgan fingerprint density at radius 2 is 2.14 bits per heavy atom. The van der Waals surface area contributed by atoms with E-state index in [1.165, 1.54) is 18.5 Å². The van der Waals surface area contributed by atoms with E-state index < -0.39 is 0 Å². The van der Waals surface area contributed by atoms with E-state index in [1.54, 1.807) is 25.3 Å². The molecule has 2 aromatic heterocycles. The normalized spacial score (nSPS) is 9.95. The number of rotatable bonds is 4. The number of nitrogens with zero attached hydrogens (tertiary/aromatic N) is 2. The molecule has 6 heteroatoms. The van der Waals surface area contributed by atoms with Gasteiger partial charge in [0.1, 0.15) is 0 Å². The van der Waals surface area contributed by atoms with Gasteiger partial charge >= 0.3 is 0 Å². The van der Waals surface area contributed by atoms with Crippen LogP contribution in [-0.4, -0.2) is 21.6 Å². The summed E-state index contributed by atoms with van der Waals surface area (Å²) >= 11 is 0. The van der Waals surface area contributed by atoms with Gasteiger partial charge in [-0.3, -0.25) is 14.8 Å². The monoisotopic (exact) mass is 281 g/mol. The first-order chi connectivity index (χ1) is 10.0. The minimum absolute atomic E-state index is 0.310. The Hall–Kier alpha value is -3.02. The van der Waals surface area contributed by atoms with Gasteiger partial charge in [0.15, 0.2) is 0 Å². The zero-order valence-corrected chi connectivity index (χ0v) is 11.6. The van der Waals surface area contributed by atoms with Gasteiger partial charge in [0, 0.05) is 23.0 Å². The van der Waals surface area contributed by atoms with Crippen LogP contribution in [0.4, 0.5) is 11.4 Å². The summed E-state index contributed by atoms with van der Waals surface area (Å²) in [5, 5.41) is 10.3. The summed E-state index contributed by atoms with van der Waals surface area (Å²) in [6, 6.07) is 3.48. The summed E-state index contributed by atoms with van der Waals surface area (Å²) in [4.78, 5) is 19.6. The average molecular weight is 281 g/mol. The van der Waals surface area contributed by atoms with Gasteiger partial charge in [-0.15, -0.1) is 0 Å². The third-order valence-electron chi connectivity index (χ3n) is 2.83. The molecule has 1 amide bonds. The number of carbonyl (C=O) groups is 1. The van der Waals surface area contributed by atoms with E-state index in [4.69, 9.17) is 11.1 Å². The zero-order valence-electron chi connectivity index (χ0n) is 11.6. The van der Waals surface area contributed by atoms with E-state index in [1.807, 2.05) is 0 Å². The predicted molar refractivity (Wildman–Crippen MR) is 83.2 cm³/mol. The van der Waals surface area contributed by atoms with Crippen molar-refractivity contribution >= 4 is 23.0 Å². The highest BCUT2D eigenvalue weighted by molar-refractivity contribution is 6.02. The molecule has 0 atom stereocenters. The average Bonchev–Trinajstić information content (AvgIpc) is 2.47. The van der Waals surface area contributed by atoms with E-state index in [0.717, 1.165) is 5.56 Å². The van der Waals surface area contributed by atoms with E-state index >= 15 is 0 Å². The van der Waals surface area contributed by atoms with Crippen LogP contribution in [0.5, 0.6) is 0 Å². The van der Waals surface area contributed by atoms with Crippen molar-refractivity contribution < 1.29 is 4.79 Å². The van der Waals surface area contributed by atoms with Crippen molar-refractivity contribution in [3.05, 3.63) is 48.9 Å². The molecule has 0 saturated heterocycles. The molecule has 0 fully saturated rings. The molecule has 0 radical (unpaired) electrons. The molecule has 106 valence electrons. The summed E-state index contributed by atoms with van der Waals surface area (Å²) in [5.41, 5.74) is 9.14. The highest BCUT2D eigenvalue weighted by atomic mass is 16.1. The van der Waals surface area contributed by atoms with Crippen molar-refractivity contribution in [3.8, 4) is 11.3 Å². The van der Waals surface area contributed by atoms with Gasteiger partial charge in [-0.05, 0) is 25.1 Å². The topological polar surface area (TPSA) is 105 Å². The number of carbonyl (C=O) groups excluding carboxylic acids is 1. The second-order valence-corrected chi connectivity index (χ2v) is 4.44. The third-order valence-corrected chi connectivity index (χ3v) is 2.83. The molecule has 2 rings (SSSR count). The lowest BCUT2D eigenvalue weighted by Gasteiger charge is -2.08. The highest BCUT2D eigenvalue weighted by Gasteiger charge is 2.08. The molecule has 6 nitrogen and oxygen atoms in total. The molecule has 0 aliphatic rings. The number of hydrogen-bond donors (Lipinski definition) is 3. The minimum Gasteiger partial charge on any atom is -0.397 e. The van der Waals surface area contributed by atoms with Crippen molar-refractivity contribution in [1.82, 2.24) is 9.97 Å². The maximum Gasteiger partial charge on any atom is 0.247 e. The number of nitrogens with one attached hydrogen (secondary N) is 2. The quantitative estimate of drug-likeness (QED) is 0.590. The maximum absolute atomic E-state index is 11.3. The second kappa shape index (κ2) is 5.96. The summed E-state index contributed by atoms with van der Waals surface area (Å²) < 4.78 is 0. The van der Waals surface area contributed by atoms with Crippen molar-refractivity contribution in [1.29, 1.82) is 5.41 Å². The van der Waals surface area contributed by atoms with Crippen molar-refractivity contribution in [2.45, 2.75) is 6.92 Å². The molecule has 0 aliphatic heterocycles. The molecule has 0 unspecified atom stereocenters. The Morgan fingerprint density at radius 1 is 1.38 bits per heavy atom. The van der Waals surface area contributed by atoms with E-state index in [0.29, 0.717) is 28.3 Å². The summed E-state index contributed by atoms with van der Waals surface area (Å²) in [6.45, 7) is 5.06. The highest BCUT2D eigenvalue weighted by Crippen LogP contribution is 2.23. The van der Waals surface area contributed by atoms with Gasteiger partial charge in [-0.2, -0.15) is 0 Å². The molecule has 2 heterocycles. The van der Waals surface area contributed by atoms with Gasteiger partial charge in [0.2, 0.25) is 5.91 Å². The molecule has 0 bridgehead atoms. The number of anilines is 2. The third kappa shape index (κ3) is 3.30. The molecule has 0 saturated carbocycles. The van der Waals surface area contributed by atoms with Crippen LogP contribution in [0.3, 0.4) is 0 Å². The first kappa shape index (κ1) is 14.4. The lowest BCUT2D eigenvalue weighted by atomic mass is 10.1. The lowest BCUT2D eigenvalue weighted by molar-refractivity contribution is -0.111. The molecule has 0 spiro atoms. The van der Waals surface area contributed by atoms with Crippen LogP contribution in [0.2, 0.25) is 0 Å². The maximum atomic E-state index is 11.3. The van der Waals surface area contributed by atoms with Gasteiger partial charge in [0.05, 0.1) is 29.5 Å². The van der Waals surface area contributed by atoms with E-state index in [-0.39, 0.29) is 5.91 Å². The molecular weight excluding hydrogens is 266 g/mol. The number of amides is 1. The SMILES string of the molecule is C=CC(=O)Nc1cncc(-c2cc(C(C)=N)c(N)cn2)c1. The van der Waals surface area contributed by atoms with E-state index in [2.05, 4.69) is 21.9 Å². The number of nitrogens with two attached hydrogens (primary N) is 1. The fourth-order valence-corrected chi connectivity index (χ4v) is 1.79. The van der Waals surface area contributed by atoms with Crippen LogP contribution in [-0.2, 0) is 4.79 Å². The molecule has 0 aliphatic carbocycles. The summed E-state index contributed by atoms with van der Waals surface area (Å²) in [7, 11) is 0. The van der Waals surface area contributed by atoms with Crippen LogP contribution >= 0.6 is 0 Å². The number of pyridine rings is 2. The van der Waals surface area contributed by atoms with Gasteiger partial charge in [-0.1, -0.05) is 6.58 Å². The van der Waals surface area contributed by atoms with Crippen molar-refractivity contribution in [3.63, 3.8) is 0 Å². The Labute approximate surface area is 122 Å². The molecular formula is C15H15N5O. The predicted octanol–water partition coefficient (Wildman–Crippen LogP) is 2.24. The molecule has 2 aromatic rings. The Kier molecular flexibility index (Phi) is 4.08. The van der Waals surface area contributed by atoms with Crippen molar-refractivity contribution in [2.75, 3.05) is 11.1 Å². The molecule has 4 N–H and O–H groups in total. The summed E-state index contributed by atoms with van der Waals surface area (Å²) in [5.74, 6) is -0.310. The van der Waals surface area contributed by atoms with E-state index in [9.17, 15) is 4.79 Å². The minimum atomic E-state index is -0.310. The van der Waals surface area contributed by atoms with Crippen LogP contribution in [0.1, 0.15) is 12.5 Å².